The highest BCUT2D eigenvalue weighted by Gasteiger charge is 2.19. The summed E-state index contributed by atoms with van der Waals surface area (Å²) >= 11 is 0. The number of aliphatic imine (C=N–C) groups is 1. The van der Waals surface area contributed by atoms with Crippen LogP contribution in [0.25, 0.3) is 5.57 Å². The molecule has 1 aromatic rings. The van der Waals surface area contributed by atoms with Crippen molar-refractivity contribution in [3.05, 3.63) is 53.2 Å². The Labute approximate surface area is 121 Å². The highest BCUT2D eigenvalue weighted by atomic mass is 19.2. The predicted molar refractivity (Wildman–Crippen MR) is 77.3 cm³/mol. The fourth-order valence-electron chi connectivity index (χ4n) is 1.82. The molecule has 0 aromatic heterocycles. The molecule has 110 valence electrons. The normalized spacial score (nSPS) is 13.2. The van der Waals surface area contributed by atoms with E-state index in [1.807, 2.05) is 0 Å². The highest BCUT2D eigenvalue weighted by molar-refractivity contribution is 6.10. The summed E-state index contributed by atoms with van der Waals surface area (Å²) in [7, 11) is 1.50. The second kappa shape index (κ2) is 7.31. The summed E-state index contributed by atoms with van der Waals surface area (Å²) < 4.78 is 26.9. The summed E-state index contributed by atoms with van der Waals surface area (Å²) in [5.74, 6) is -2.16. The van der Waals surface area contributed by atoms with Gasteiger partial charge in [0.25, 0.3) is 0 Å². The minimum Gasteiger partial charge on any atom is -0.404 e. The summed E-state index contributed by atoms with van der Waals surface area (Å²) in [4.78, 5) is 3.77. The van der Waals surface area contributed by atoms with Crippen molar-refractivity contribution in [1.82, 2.24) is 0 Å². The first-order chi connectivity index (χ1) is 9.94. The zero-order valence-corrected chi connectivity index (χ0v) is 11.5. The Kier molecular flexibility index (Phi) is 5.76. The summed E-state index contributed by atoms with van der Waals surface area (Å²) in [6.07, 6.45) is 1.25. The van der Waals surface area contributed by atoms with E-state index in [2.05, 4.69) is 11.6 Å². The number of nitrogens with zero attached hydrogens (tertiary/aromatic N) is 2. The maximum absolute atomic E-state index is 13.4. The number of aliphatic hydroxyl groups is 1. The molecule has 6 heteroatoms. The molecule has 1 unspecified atom stereocenters. The molecule has 0 aliphatic carbocycles. The van der Waals surface area contributed by atoms with Gasteiger partial charge < -0.3 is 10.8 Å². The summed E-state index contributed by atoms with van der Waals surface area (Å²) in [5, 5.41) is 18.8. The first-order valence-corrected chi connectivity index (χ1v) is 6.03. The maximum atomic E-state index is 13.4. The van der Waals surface area contributed by atoms with Gasteiger partial charge in [-0.15, -0.1) is 0 Å². The summed E-state index contributed by atoms with van der Waals surface area (Å²) in [6, 6.07) is 3.61. The molecule has 4 nitrogen and oxygen atoms in total. The molecule has 0 amide bonds. The number of halogens is 2. The molecular formula is C15H15F2N3O. The second-order valence-corrected chi connectivity index (χ2v) is 4.30. The molecule has 0 spiro atoms. The van der Waals surface area contributed by atoms with Gasteiger partial charge in [0.15, 0.2) is 11.6 Å². The van der Waals surface area contributed by atoms with Crippen LogP contribution in [0.3, 0.4) is 0 Å². The van der Waals surface area contributed by atoms with Gasteiger partial charge in [-0.1, -0.05) is 6.58 Å². The van der Waals surface area contributed by atoms with Crippen molar-refractivity contribution >= 4 is 11.8 Å². The monoisotopic (exact) mass is 291 g/mol. The second-order valence-electron chi connectivity index (χ2n) is 4.30. The minimum atomic E-state index is -1.21. The molecule has 0 heterocycles. The Morgan fingerprint density at radius 2 is 2.14 bits per heavy atom. The van der Waals surface area contributed by atoms with Crippen molar-refractivity contribution in [3.63, 3.8) is 0 Å². The third-order valence-corrected chi connectivity index (χ3v) is 2.81. The largest absolute Gasteiger partial charge is 0.404 e. The van der Waals surface area contributed by atoms with Crippen LogP contribution in [0.5, 0.6) is 0 Å². The number of aliphatic hydroxyl groups excluding tert-OH is 1. The maximum Gasteiger partial charge on any atom is 0.159 e. The summed E-state index contributed by atoms with van der Waals surface area (Å²) in [5.41, 5.74) is 6.23. The van der Waals surface area contributed by atoms with Gasteiger partial charge in [0, 0.05) is 37.0 Å². The Morgan fingerprint density at radius 1 is 1.52 bits per heavy atom. The molecule has 0 saturated carbocycles. The third kappa shape index (κ3) is 3.97. The number of hydrogen-bond acceptors (Lipinski definition) is 4. The first kappa shape index (κ1) is 16.5. The van der Waals surface area contributed by atoms with Crippen LogP contribution in [-0.4, -0.2) is 18.4 Å². The average molecular weight is 291 g/mol. The van der Waals surface area contributed by atoms with Crippen molar-refractivity contribution in [1.29, 1.82) is 5.26 Å². The van der Waals surface area contributed by atoms with Crippen molar-refractivity contribution in [2.24, 2.45) is 10.7 Å². The van der Waals surface area contributed by atoms with Crippen molar-refractivity contribution < 1.29 is 13.9 Å². The van der Waals surface area contributed by atoms with Crippen molar-refractivity contribution in [2.75, 3.05) is 7.05 Å². The molecule has 1 aromatic carbocycles. The van der Waals surface area contributed by atoms with E-state index in [1.54, 1.807) is 6.07 Å². The topological polar surface area (TPSA) is 82.4 Å². The van der Waals surface area contributed by atoms with Gasteiger partial charge in [-0.3, -0.25) is 4.99 Å². The van der Waals surface area contributed by atoms with Gasteiger partial charge in [-0.25, -0.2) is 8.78 Å². The molecule has 21 heavy (non-hydrogen) atoms. The van der Waals surface area contributed by atoms with Gasteiger partial charge in [-0.05, 0) is 23.3 Å². The lowest BCUT2D eigenvalue weighted by Gasteiger charge is -2.16. The van der Waals surface area contributed by atoms with Gasteiger partial charge in [0.1, 0.15) is 0 Å². The zero-order chi connectivity index (χ0) is 16.0. The van der Waals surface area contributed by atoms with E-state index in [9.17, 15) is 13.9 Å². The highest BCUT2D eigenvalue weighted by Crippen LogP contribution is 2.29. The predicted octanol–water partition coefficient (Wildman–Crippen LogP) is 2.47. The molecule has 0 aliphatic heterocycles. The Hall–Kier alpha value is -2.52. The molecule has 0 saturated heterocycles. The van der Waals surface area contributed by atoms with Crippen molar-refractivity contribution in [2.45, 2.75) is 12.5 Å². The molecule has 0 aliphatic rings. The molecule has 1 rings (SSSR count). The third-order valence-electron chi connectivity index (χ3n) is 2.81. The van der Waals surface area contributed by atoms with E-state index in [0.717, 1.165) is 12.1 Å². The average Bonchev–Trinajstić information content (AvgIpc) is 2.46. The van der Waals surface area contributed by atoms with Crippen molar-refractivity contribution in [3.8, 4) is 6.07 Å². The van der Waals surface area contributed by atoms with Crippen LogP contribution in [0.2, 0.25) is 0 Å². The summed E-state index contributed by atoms with van der Waals surface area (Å²) in [6.45, 7) is 3.46. The van der Waals surface area contributed by atoms with Crippen LogP contribution >= 0.6 is 0 Å². The van der Waals surface area contributed by atoms with E-state index >= 15 is 0 Å². The number of benzene rings is 1. The number of allylic oxidation sites excluding steroid dienone is 1. The molecule has 0 fully saturated rings. The minimum absolute atomic E-state index is 0.0876. The molecule has 1 atom stereocenters. The van der Waals surface area contributed by atoms with Crippen LogP contribution in [0.15, 0.2) is 35.5 Å². The van der Waals surface area contributed by atoms with E-state index in [0.29, 0.717) is 5.57 Å². The van der Waals surface area contributed by atoms with E-state index in [1.165, 1.54) is 19.5 Å². The van der Waals surface area contributed by atoms with E-state index < -0.39 is 17.7 Å². The van der Waals surface area contributed by atoms with Crippen LogP contribution in [-0.2, 0) is 0 Å². The SMILES string of the molecule is C=C(C#N)CC(O)c1cc(F)c(F)cc1/C(C=NC)=C/N. The lowest BCUT2D eigenvalue weighted by Crippen LogP contribution is -2.06. The van der Waals surface area contributed by atoms with Gasteiger partial charge in [0.05, 0.1) is 12.2 Å². The quantitative estimate of drug-likeness (QED) is 0.645. The molecule has 3 N–H and O–H groups in total. The van der Waals surface area contributed by atoms with Crippen LogP contribution < -0.4 is 5.73 Å². The van der Waals surface area contributed by atoms with E-state index in [-0.39, 0.29) is 23.1 Å². The lowest BCUT2D eigenvalue weighted by atomic mass is 9.93. The van der Waals surface area contributed by atoms with Crippen LogP contribution in [0, 0.1) is 23.0 Å². The lowest BCUT2D eigenvalue weighted by molar-refractivity contribution is 0.178. The standard InChI is InChI=1S/C15H15F2N3O/c1-9(6-18)3-15(21)12-5-14(17)13(16)4-11(12)10(7-19)8-20-2/h4-5,7-8,15,21H,1,3,19H2,2H3/b10-7+,20-8?. The molecule has 0 radical (unpaired) electrons. The van der Waals surface area contributed by atoms with Gasteiger partial charge >= 0.3 is 0 Å². The smallest absolute Gasteiger partial charge is 0.159 e. The van der Waals surface area contributed by atoms with Crippen LogP contribution in [0.1, 0.15) is 23.7 Å². The zero-order valence-electron chi connectivity index (χ0n) is 11.5. The Balaban J connectivity index is 3.39. The fraction of sp³-hybridized carbons (Fsp3) is 0.200. The van der Waals surface area contributed by atoms with Gasteiger partial charge in [0.2, 0.25) is 0 Å². The fourth-order valence-corrected chi connectivity index (χ4v) is 1.82. The number of rotatable bonds is 5. The molecular weight excluding hydrogens is 276 g/mol. The first-order valence-electron chi connectivity index (χ1n) is 6.03. The number of nitriles is 1. The van der Waals surface area contributed by atoms with Gasteiger partial charge in [-0.2, -0.15) is 5.26 Å². The van der Waals surface area contributed by atoms with Crippen LogP contribution in [0.4, 0.5) is 8.78 Å². The number of nitrogens with two attached hydrogens (primary N) is 1. The van der Waals surface area contributed by atoms with E-state index in [4.69, 9.17) is 11.0 Å². The number of hydrogen-bond donors (Lipinski definition) is 2. The Morgan fingerprint density at radius 3 is 2.67 bits per heavy atom. The Bertz CT molecular complexity index is 645. The molecule has 0 bridgehead atoms.